The van der Waals surface area contributed by atoms with E-state index in [-0.39, 0.29) is 0 Å². The number of piperidine rings is 1. The van der Waals surface area contributed by atoms with Gasteiger partial charge < -0.3 is 15.4 Å². The number of ether oxygens (including phenoxy) is 1. The first-order valence-corrected chi connectivity index (χ1v) is 7.10. The topological polar surface area (TPSA) is 64.3 Å². The van der Waals surface area contributed by atoms with Crippen LogP contribution in [-0.4, -0.2) is 30.2 Å². The maximum atomic E-state index is 5.84. The number of aromatic nitrogens is 2. The predicted octanol–water partition coefficient (Wildman–Crippen LogP) is 2.22. The molecule has 0 aliphatic carbocycles. The van der Waals surface area contributed by atoms with Crippen molar-refractivity contribution in [2.24, 2.45) is 5.92 Å². The molecule has 0 unspecified atom stereocenters. The van der Waals surface area contributed by atoms with E-state index >= 15 is 0 Å². The summed E-state index contributed by atoms with van der Waals surface area (Å²) in [6.45, 7) is 4.79. The molecule has 0 atom stereocenters. The SMILES string of the molecule is CCCC1CCN(c2cc(N)nc(COC)n2)CC1. The third kappa shape index (κ3) is 3.80. The van der Waals surface area contributed by atoms with E-state index < -0.39 is 0 Å². The van der Waals surface area contributed by atoms with Gasteiger partial charge in [-0.2, -0.15) is 0 Å². The van der Waals surface area contributed by atoms with Crippen LogP contribution in [0, 0.1) is 5.92 Å². The van der Waals surface area contributed by atoms with Crippen molar-refractivity contribution in [1.82, 2.24) is 9.97 Å². The van der Waals surface area contributed by atoms with Crippen LogP contribution >= 0.6 is 0 Å². The molecular weight excluding hydrogens is 240 g/mol. The fraction of sp³-hybridized carbons (Fsp3) is 0.714. The van der Waals surface area contributed by atoms with Crippen molar-refractivity contribution in [3.63, 3.8) is 0 Å². The zero-order valence-electron chi connectivity index (χ0n) is 11.9. The summed E-state index contributed by atoms with van der Waals surface area (Å²) in [5.74, 6) is 2.99. The van der Waals surface area contributed by atoms with E-state index in [1.54, 1.807) is 7.11 Å². The van der Waals surface area contributed by atoms with E-state index in [0.717, 1.165) is 24.8 Å². The highest BCUT2D eigenvalue weighted by Gasteiger charge is 2.20. The Morgan fingerprint density at radius 2 is 2.11 bits per heavy atom. The Kier molecular flexibility index (Phi) is 4.96. The monoisotopic (exact) mass is 264 g/mol. The van der Waals surface area contributed by atoms with Crippen molar-refractivity contribution in [2.75, 3.05) is 30.8 Å². The van der Waals surface area contributed by atoms with Crippen molar-refractivity contribution < 1.29 is 4.74 Å². The van der Waals surface area contributed by atoms with Gasteiger partial charge in [-0.05, 0) is 18.8 Å². The highest BCUT2D eigenvalue weighted by atomic mass is 16.5. The number of nitrogens with two attached hydrogens (primary N) is 1. The second kappa shape index (κ2) is 6.70. The lowest BCUT2D eigenvalue weighted by atomic mass is 9.92. The number of rotatable bonds is 5. The minimum atomic E-state index is 0.407. The first kappa shape index (κ1) is 14.1. The van der Waals surface area contributed by atoms with Crippen molar-refractivity contribution >= 4 is 11.6 Å². The number of nitrogen functional groups attached to an aromatic ring is 1. The van der Waals surface area contributed by atoms with Gasteiger partial charge in [-0.25, -0.2) is 9.97 Å². The molecule has 0 saturated carbocycles. The highest BCUT2D eigenvalue weighted by molar-refractivity contribution is 5.47. The van der Waals surface area contributed by atoms with E-state index in [4.69, 9.17) is 10.5 Å². The quantitative estimate of drug-likeness (QED) is 0.883. The van der Waals surface area contributed by atoms with E-state index in [2.05, 4.69) is 21.8 Å². The second-order valence-corrected chi connectivity index (χ2v) is 5.22. The Balaban J connectivity index is 2.02. The molecule has 19 heavy (non-hydrogen) atoms. The molecule has 1 aliphatic heterocycles. The molecule has 2 rings (SSSR count). The fourth-order valence-corrected chi connectivity index (χ4v) is 2.72. The van der Waals surface area contributed by atoms with Crippen molar-refractivity contribution in [2.45, 2.75) is 39.2 Å². The lowest BCUT2D eigenvalue weighted by Gasteiger charge is -2.32. The summed E-state index contributed by atoms with van der Waals surface area (Å²) >= 11 is 0. The van der Waals surface area contributed by atoms with Gasteiger partial charge in [0, 0.05) is 26.3 Å². The molecule has 106 valence electrons. The normalized spacial score (nSPS) is 16.8. The average Bonchev–Trinajstić information content (AvgIpc) is 2.40. The minimum Gasteiger partial charge on any atom is -0.384 e. The number of hydrogen-bond acceptors (Lipinski definition) is 5. The summed E-state index contributed by atoms with van der Waals surface area (Å²) < 4.78 is 5.08. The zero-order chi connectivity index (χ0) is 13.7. The molecule has 0 aromatic carbocycles. The van der Waals surface area contributed by atoms with Crippen molar-refractivity contribution in [1.29, 1.82) is 0 Å². The second-order valence-electron chi connectivity index (χ2n) is 5.22. The molecule has 1 aromatic heterocycles. The Morgan fingerprint density at radius 1 is 1.37 bits per heavy atom. The molecule has 1 saturated heterocycles. The third-order valence-corrected chi connectivity index (χ3v) is 3.69. The summed E-state index contributed by atoms with van der Waals surface area (Å²) in [6.07, 6.45) is 5.12. The van der Waals surface area contributed by atoms with Crippen molar-refractivity contribution in [3.8, 4) is 0 Å². The molecule has 5 nitrogen and oxygen atoms in total. The molecule has 0 radical (unpaired) electrons. The Labute approximate surface area is 115 Å². The number of nitrogens with zero attached hydrogens (tertiary/aromatic N) is 3. The van der Waals surface area contributed by atoms with Gasteiger partial charge in [0.1, 0.15) is 18.2 Å². The molecule has 5 heteroatoms. The van der Waals surface area contributed by atoms with Crippen LogP contribution in [0.15, 0.2) is 6.07 Å². The van der Waals surface area contributed by atoms with Crippen LogP contribution in [0.1, 0.15) is 38.4 Å². The lowest BCUT2D eigenvalue weighted by molar-refractivity contribution is 0.178. The van der Waals surface area contributed by atoms with Crippen LogP contribution < -0.4 is 10.6 Å². The summed E-state index contributed by atoms with van der Waals surface area (Å²) in [4.78, 5) is 11.0. The van der Waals surface area contributed by atoms with Gasteiger partial charge in [0.2, 0.25) is 0 Å². The van der Waals surface area contributed by atoms with Crippen LogP contribution in [0.3, 0.4) is 0 Å². The summed E-state index contributed by atoms with van der Waals surface area (Å²) in [5, 5.41) is 0. The molecule has 2 heterocycles. The molecule has 1 fully saturated rings. The molecular formula is C14H24N4O. The molecule has 0 spiro atoms. The summed E-state index contributed by atoms with van der Waals surface area (Å²) in [6, 6.07) is 1.86. The van der Waals surface area contributed by atoms with Crippen LogP contribution in [-0.2, 0) is 11.3 Å². The number of methoxy groups -OCH3 is 1. The predicted molar refractivity (Wildman–Crippen MR) is 77.0 cm³/mol. The zero-order valence-corrected chi connectivity index (χ0v) is 11.9. The summed E-state index contributed by atoms with van der Waals surface area (Å²) in [5.41, 5.74) is 5.84. The van der Waals surface area contributed by atoms with Gasteiger partial charge in [0.05, 0.1) is 0 Å². The Hall–Kier alpha value is -1.36. The standard InChI is InChI=1S/C14H24N4O/c1-3-4-11-5-7-18(8-6-11)14-9-12(15)16-13(17-14)10-19-2/h9,11H,3-8,10H2,1-2H3,(H2,15,16,17). The van der Waals surface area contributed by atoms with Gasteiger partial charge in [-0.3, -0.25) is 0 Å². The first-order valence-electron chi connectivity index (χ1n) is 7.10. The third-order valence-electron chi connectivity index (χ3n) is 3.69. The Bertz CT molecular complexity index is 402. The van der Waals surface area contributed by atoms with Gasteiger partial charge in [0.15, 0.2) is 5.82 Å². The van der Waals surface area contributed by atoms with Crippen LogP contribution in [0.4, 0.5) is 11.6 Å². The molecule has 2 N–H and O–H groups in total. The smallest absolute Gasteiger partial charge is 0.158 e. The van der Waals surface area contributed by atoms with Gasteiger partial charge in [-0.15, -0.1) is 0 Å². The largest absolute Gasteiger partial charge is 0.384 e. The minimum absolute atomic E-state index is 0.407. The van der Waals surface area contributed by atoms with Crippen LogP contribution in [0.25, 0.3) is 0 Å². The average molecular weight is 264 g/mol. The molecule has 0 amide bonds. The van der Waals surface area contributed by atoms with Crippen LogP contribution in [0.5, 0.6) is 0 Å². The van der Waals surface area contributed by atoms with Gasteiger partial charge >= 0.3 is 0 Å². The number of hydrogen-bond donors (Lipinski definition) is 1. The summed E-state index contributed by atoms with van der Waals surface area (Å²) in [7, 11) is 1.64. The Morgan fingerprint density at radius 3 is 2.74 bits per heavy atom. The number of anilines is 2. The maximum absolute atomic E-state index is 5.84. The van der Waals surface area contributed by atoms with Crippen molar-refractivity contribution in [3.05, 3.63) is 11.9 Å². The van der Waals surface area contributed by atoms with Gasteiger partial charge in [0.25, 0.3) is 0 Å². The van der Waals surface area contributed by atoms with Gasteiger partial charge in [-0.1, -0.05) is 19.8 Å². The van der Waals surface area contributed by atoms with E-state index in [1.807, 2.05) is 6.07 Å². The molecule has 1 aliphatic rings. The van der Waals surface area contributed by atoms with E-state index in [9.17, 15) is 0 Å². The van der Waals surface area contributed by atoms with Crippen LogP contribution in [0.2, 0.25) is 0 Å². The maximum Gasteiger partial charge on any atom is 0.158 e. The molecule has 1 aromatic rings. The highest BCUT2D eigenvalue weighted by Crippen LogP contribution is 2.25. The molecule has 0 bridgehead atoms. The first-order chi connectivity index (χ1) is 9.22. The fourth-order valence-electron chi connectivity index (χ4n) is 2.72. The van der Waals surface area contributed by atoms with E-state index in [1.165, 1.54) is 25.7 Å². The van der Waals surface area contributed by atoms with E-state index in [0.29, 0.717) is 18.2 Å². The lowest BCUT2D eigenvalue weighted by Crippen LogP contribution is -2.34.